The van der Waals surface area contributed by atoms with Gasteiger partial charge in [-0.15, -0.1) is 0 Å². The number of hydrogen-bond acceptors (Lipinski definition) is 2. The van der Waals surface area contributed by atoms with Gasteiger partial charge in [-0.1, -0.05) is 41.9 Å². The van der Waals surface area contributed by atoms with Gasteiger partial charge in [-0.2, -0.15) is 0 Å². The molecule has 0 N–H and O–H groups in total. The summed E-state index contributed by atoms with van der Waals surface area (Å²) in [7, 11) is 0. The molecule has 126 valence electrons. The maximum Gasteiger partial charge on any atom is 0.223 e. The number of carbonyl (C=O) groups is 1. The number of rotatable bonds is 4. The van der Waals surface area contributed by atoms with Crippen LogP contribution in [0.25, 0.3) is 0 Å². The summed E-state index contributed by atoms with van der Waals surface area (Å²) in [5.41, 5.74) is 1.54. The second-order valence-electron chi connectivity index (χ2n) is 5.85. The van der Waals surface area contributed by atoms with E-state index in [4.69, 9.17) is 16.3 Å². The smallest absolute Gasteiger partial charge is 0.223 e. The molecule has 2 aromatic rings. The molecule has 0 aromatic heterocycles. The molecular weight excluding hydrogens is 329 g/mol. The van der Waals surface area contributed by atoms with Crippen molar-refractivity contribution >= 4 is 17.5 Å². The standard InChI is InChI=1S/C19H19ClFNO2/c20-16-6-3-5-15(12-16)18-13-22(10-11-24-18)19(23)9-8-14-4-1-2-7-17(14)21/h1-7,12,18H,8-11,13H2. The molecule has 2 aromatic carbocycles. The molecule has 1 aliphatic rings. The first-order valence-electron chi connectivity index (χ1n) is 8.02. The monoisotopic (exact) mass is 347 g/mol. The zero-order valence-electron chi connectivity index (χ0n) is 13.3. The largest absolute Gasteiger partial charge is 0.370 e. The maximum atomic E-state index is 13.6. The Kier molecular flexibility index (Phi) is 5.48. The number of hydrogen-bond donors (Lipinski definition) is 0. The van der Waals surface area contributed by atoms with Crippen LogP contribution in [0.4, 0.5) is 4.39 Å². The van der Waals surface area contributed by atoms with Crippen LogP contribution < -0.4 is 0 Å². The van der Waals surface area contributed by atoms with Crippen LogP contribution in [0.3, 0.4) is 0 Å². The van der Waals surface area contributed by atoms with E-state index in [0.717, 1.165) is 5.56 Å². The Balaban J connectivity index is 1.60. The molecule has 0 spiro atoms. The van der Waals surface area contributed by atoms with Crippen molar-refractivity contribution in [3.8, 4) is 0 Å². The van der Waals surface area contributed by atoms with Crippen molar-refractivity contribution in [1.82, 2.24) is 4.90 Å². The number of benzene rings is 2. The fraction of sp³-hybridized carbons (Fsp3) is 0.316. The summed E-state index contributed by atoms with van der Waals surface area (Å²) in [6.45, 7) is 1.55. The lowest BCUT2D eigenvalue weighted by Gasteiger charge is -2.33. The highest BCUT2D eigenvalue weighted by atomic mass is 35.5. The van der Waals surface area contributed by atoms with Crippen LogP contribution in [0.1, 0.15) is 23.7 Å². The van der Waals surface area contributed by atoms with E-state index in [9.17, 15) is 9.18 Å². The fourth-order valence-electron chi connectivity index (χ4n) is 2.89. The SMILES string of the molecule is O=C(CCc1ccccc1F)N1CCOC(c2cccc(Cl)c2)C1. The topological polar surface area (TPSA) is 29.5 Å². The lowest BCUT2D eigenvalue weighted by atomic mass is 10.1. The minimum atomic E-state index is -0.260. The summed E-state index contributed by atoms with van der Waals surface area (Å²) in [5, 5.41) is 0.652. The molecule has 3 nitrogen and oxygen atoms in total. The van der Waals surface area contributed by atoms with Gasteiger partial charge in [0.05, 0.1) is 13.2 Å². The summed E-state index contributed by atoms with van der Waals surface area (Å²) in [6.07, 6.45) is 0.531. The van der Waals surface area contributed by atoms with Gasteiger partial charge in [-0.25, -0.2) is 4.39 Å². The second-order valence-corrected chi connectivity index (χ2v) is 6.28. The third kappa shape index (κ3) is 4.13. The van der Waals surface area contributed by atoms with Crippen molar-refractivity contribution in [1.29, 1.82) is 0 Å². The van der Waals surface area contributed by atoms with Gasteiger partial charge in [0.15, 0.2) is 0 Å². The molecule has 5 heteroatoms. The lowest BCUT2D eigenvalue weighted by Crippen LogP contribution is -2.42. The number of aryl methyl sites for hydroxylation is 1. The Morgan fingerprint density at radius 2 is 2.08 bits per heavy atom. The van der Waals surface area contributed by atoms with Crippen molar-refractivity contribution in [2.24, 2.45) is 0 Å². The normalized spacial score (nSPS) is 17.8. The third-order valence-electron chi connectivity index (χ3n) is 4.21. The Morgan fingerprint density at radius 1 is 1.25 bits per heavy atom. The predicted octanol–water partition coefficient (Wildman–Crippen LogP) is 4.01. The first-order chi connectivity index (χ1) is 11.6. The summed E-state index contributed by atoms with van der Waals surface area (Å²) < 4.78 is 19.4. The molecule has 1 atom stereocenters. The summed E-state index contributed by atoms with van der Waals surface area (Å²) in [4.78, 5) is 14.2. The molecule has 24 heavy (non-hydrogen) atoms. The van der Waals surface area contributed by atoms with Crippen molar-refractivity contribution in [3.63, 3.8) is 0 Å². The zero-order valence-corrected chi connectivity index (χ0v) is 14.0. The highest BCUT2D eigenvalue weighted by Crippen LogP contribution is 2.25. The van der Waals surface area contributed by atoms with Crippen LogP contribution in [-0.4, -0.2) is 30.5 Å². The number of carbonyl (C=O) groups excluding carboxylic acids is 1. The molecule has 1 amide bonds. The number of nitrogens with zero attached hydrogens (tertiary/aromatic N) is 1. The molecule has 1 saturated heterocycles. The Bertz CT molecular complexity index is 722. The van der Waals surface area contributed by atoms with E-state index in [2.05, 4.69) is 0 Å². The first-order valence-corrected chi connectivity index (χ1v) is 8.39. The zero-order chi connectivity index (χ0) is 16.9. The Hall–Kier alpha value is -1.91. The molecule has 0 saturated carbocycles. The van der Waals surface area contributed by atoms with Gasteiger partial charge in [-0.3, -0.25) is 4.79 Å². The Labute approximate surface area is 146 Å². The molecule has 1 fully saturated rings. The lowest BCUT2D eigenvalue weighted by molar-refractivity contribution is -0.139. The molecule has 1 unspecified atom stereocenters. The molecular formula is C19H19ClFNO2. The van der Waals surface area contributed by atoms with Gasteiger partial charge in [0.1, 0.15) is 11.9 Å². The fourth-order valence-corrected chi connectivity index (χ4v) is 3.08. The van der Waals surface area contributed by atoms with Gasteiger partial charge in [0.2, 0.25) is 5.91 Å². The average molecular weight is 348 g/mol. The Morgan fingerprint density at radius 3 is 2.88 bits per heavy atom. The van der Waals surface area contributed by atoms with Crippen LogP contribution in [0, 0.1) is 5.82 Å². The number of amides is 1. The molecule has 0 bridgehead atoms. The van der Waals surface area contributed by atoms with Crippen LogP contribution in [0.5, 0.6) is 0 Å². The van der Waals surface area contributed by atoms with E-state index in [1.54, 1.807) is 23.1 Å². The third-order valence-corrected chi connectivity index (χ3v) is 4.44. The van der Waals surface area contributed by atoms with Crippen molar-refractivity contribution in [2.45, 2.75) is 18.9 Å². The van der Waals surface area contributed by atoms with E-state index in [1.165, 1.54) is 6.07 Å². The average Bonchev–Trinajstić information content (AvgIpc) is 2.61. The van der Waals surface area contributed by atoms with Gasteiger partial charge in [0, 0.05) is 18.0 Å². The van der Waals surface area contributed by atoms with Gasteiger partial charge in [0.25, 0.3) is 0 Å². The minimum Gasteiger partial charge on any atom is -0.370 e. The second kappa shape index (κ2) is 7.77. The van der Waals surface area contributed by atoms with Crippen LogP contribution in [-0.2, 0) is 16.0 Å². The van der Waals surface area contributed by atoms with Crippen molar-refractivity contribution in [3.05, 3.63) is 70.5 Å². The van der Waals surface area contributed by atoms with E-state index in [-0.39, 0.29) is 17.8 Å². The van der Waals surface area contributed by atoms with E-state index in [1.807, 2.05) is 24.3 Å². The number of morpholine rings is 1. The summed E-state index contributed by atoms with van der Waals surface area (Å²) in [6, 6.07) is 14.1. The summed E-state index contributed by atoms with van der Waals surface area (Å²) >= 11 is 6.02. The van der Waals surface area contributed by atoms with Gasteiger partial charge < -0.3 is 9.64 Å². The van der Waals surface area contributed by atoms with Gasteiger partial charge in [-0.05, 0) is 35.7 Å². The maximum absolute atomic E-state index is 13.6. The molecule has 0 aliphatic carbocycles. The first kappa shape index (κ1) is 16.9. The van der Waals surface area contributed by atoms with Crippen molar-refractivity contribution in [2.75, 3.05) is 19.7 Å². The highest BCUT2D eigenvalue weighted by Gasteiger charge is 2.25. The van der Waals surface area contributed by atoms with Crippen molar-refractivity contribution < 1.29 is 13.9 Å². The highest BCUT2D eigenvalue weighted by molar-refractivity contribution is 6.30. The van der Waals surface area contributed by atoms with Crippen LogP contribution >= 0.6 is 11.6 Å². The minimum absolute atomic E-state index is 0.0218. The quantitative estimate of drug-likeness (QED) is 0.836. The van der Waals surface area contributed by atoms with E-state index >= 15 is 0 Å². The molecule has 0 radical (unpaired) electrons. The summed E-state index contributed by atoms with van der Waals surface area (Å²) in [5.74, 6) is -0.238. The number of halogens is 2. The molecule has 1 heterocycles. The van der Waals surface area contributed by atoms with E-state index in [0.29, 0.717) is 43.1 Å². The molecule has 1 aliphatic heterocycles. The number of ether oxygens (including phenoxy) is 1. The van der Waals surface area contributed by atoms with Crippen LogP contribution in [0.2, 0.25) is 5.02 Å². The predicted molar refractivity (Wildman–Crippen MR) is 91.4 cm³/mol. The van der Waals surface area contributed by atoms with Gasteiger partial charge >= 0.3 is 0 Å². The van der Waals surface area contributed by atoms with Crippen LogP contribution in [0.15, 0.2) is 48.5 Å². The molecule has 3 rings (SSSR count). The van der Waals surface area contributed by atoms with E-state index < -0.39 is 0 Å².